The fourth-order valence-electron chi connectivity index (χ4n) is 12.3. The van der Waals surface area contributed by atoms with E-state index in [1.54, 1.807) is 6.08 Å². The van der Waals surface area contributed by atoms with E-state index in [2.05, 4.69) is 141 Å². The molecule has 1 amide bonds. The Morgan fingerprint density at radius 3 is 1.11 bits per heavy atom. The Kier molecular flexibility index (Phi) is 62.0. The van der Waals surface area contributed by atoms with Crippen LogP contribution in [-0.4, -0.2) is 140 Å². The number of ether oxygens (including phenoxy) is 4. The number of carbonyl (C=O) groups is 1. The minimum Gasteiger partial charge on any atom is -0.394 e. The lowest BCUT2D eigenvalue weighted by atomic mass is 9.97. The van der Waals surface area contributed by atoms with Gasteiger partial charge in [0, 0.05) is 6.42 Å². The Hall–Kier alpha value is -3.87. The van der Waals surface area contributed by atoms with E-state index < -0.39 is 86.8 Å². The third kappa shape index (κ3) is 50.2. The van der Waals surface area contributed by atoms with Crippen LogP contribution in [-0.2, 0) is 23.7 Å². The Bertz CT molecular complexity index is 2180. The van der Waals surface area contributed by atoms with E-state index in [0.29, 0.717) is 12.8 Å². The zero-order valence-electron chi connectivity index (χ0n) is 62.2. The molecule has 0 radical (unpaired) electrons. The molecular weight excluding hydrogens is 1240 g/mol. The molecule has 2 aliphatic heterocycles. The van der Waals surface area contributed by atoms with Crippen LogP contribution in [0.1, 0.15) is 303 Å². The lowest BCUT2D eigenvalue weighted by Crippen LogP contribution is -2.65. The zero-order chi connectivity index (χ0) is 71.5. The van der Waals surface area contributed by atoms with Crippen molar-refractivity contribution in [1.29, 1.82) is 0 Å². The van der Waals surface area contributed by atoms with E-state index in [0.717, 1.165) is 96.3 Å². The number of aliphatic hydroxyl groups is 8. The Labute approximate surface area is 602 Å². The van der Waals surface area contributed by atoms with Crippen molar-refractivity contribution < 1.29 is 64.6 Å². The summed E-state index contributed by atoms with van der Waals surface area (Å²) >= 11 is 0. The summed E-state index contributed by atoms with van der Waals surface area (Å²) in [5.74, 6) is -0.255. The predicted molar refractivity (Wildman–Crippen MR) is 410 cm³/mol. The third-order valence-electron chi connectivity index (χ3n) is 18.6. The van der Waals surface area contributed by atoms with Crippen molar-refractivity contribution in [3.8, 4) is 0 Å². The second-order valence-electron chi connectivity index (χ2n) is 27.4. The smallest absolute Gasteiger partial charge is 0.220 e. The molecule has 0 spiro atoms. The first-order valence-corrected chi connectivity index (χ1v) is 39.9. The van der Waals surface area contributed by atoms with Crippen molar-refractivity contribution in [3.05, 3.63) is 134 Å². The van der Waals surface area contributed by atoms with Crippen molar-refractivity contribution in [3.63, 3.8) is 0 Å². The van der Waals surface area contributed by atoms with Crippen LogP contribution in [0.4, 0.5) is 0 Å². The SMILES string of the molecule is CC/C=C\C/C=C\C/C=C\C/C=C\C/C=C\C/C=C\C/C=C\C/C=C\C/C=C\CCCCCCCCCCCCCC(=O)NC(COC1OC(CO)C(OC2OC(CO)C(O)C(O)C2O)C(O)C1O)C(O)/C=C/CC/C=C/CCCCCCCCCCCCCCCCCCCCCC. The number of rotatable bonds is 65. The molecule has 0 saturated carbocycles. The molecule has 14 nitrogen and oxygen atoms in total. The number of nitrogens with one attached hydrogen (secondary N) is 1. The van der Waals surface area contributed by atoms with Crippen LogP contribution in [0.5, 0.6) is 0 Å². The summed E-state index contributed by atoms with van der Waals surface area (Å²) in [6.07, 6.45) is 83.8. The first-order chi connectivity index (χ1) is 48.6. The van der Waals surface area contributed by atoms with Crippen molar-refractivity contribution in [2.24, 2.45) is 0 Å². The summed E-state index contributed by atoms with van der Waals surface area (Å²) in [5, 5.41) is 87.6. The number of aliphatic hydroxyl groups excluding tert-OH is 8. The molecule has 12 unspecified atom stereocenters. The number of allylic oxidation sites excluding steroid dienone is 21. The van der Waals surface area contributed by atoms with Crippen molar-refractivity contribution in [1.82, 2.24) is 5.32 Å². The highest BCUT2D eigenvalue weighted by atomic mass is 16.7. The van der Waals surface area contributed by atoms with E-state index in [-0.39, 0.29) is 18.9 Å². The van der Waals surface area contributed by atoms with Crippen LogP contribution in [0.25, 0.3) is 0 Å². The normalized spacial score (nSPS) is 22.7. The van der Waals surface area contributed by atoms with Crippen LogP contribution in [0.15, 0.2) is 134 Å². The van der Waals surface area contributed by atoms with Crippen molar-refractivity contribution in [2.75, 3.05) is 19.8 Å². The Morgan fingerprint density at radius 2 is 0.707 bits per heavy atom. The summed E-state index contributed by atoms with van der Waals surface area (Å²) in [4.78, 5) is 13.4. The number of amides is 1. The monoisotopic (exact) mass is 1390 g/mol. The number of hydrogen-bond acceptors (Lipinski definition) is 13. The van der Waals surface area contributed by atoms with Gasteiger partial charge in [0.2, 0.25) is 5.91 Å². The van der Waals surface area contributed by atoms with Gasteiger partial charge < -0.3 is 65.1 Å². The molecule has 12 atom stereocenters. The molecule has 2 rings (SSSR count). The number of hydrogen-bond donors (Lipinski definition) is 9. The highest BCUT2D eigenvalue weighted by Gasteiger charge is 2.51. The molecule has 9 N–H and O–H groups in total. The molecule has 0 aromatic carbocycles. The predicted octanol–water partition coefficient (Wildman–Crippen LogP) is 18.2. The summed E-state index contributed by atoms with van der Waals surface area (Å²) in [5.41, 5.74) is 0. The van der Waals surface area contributed by atoms with Gasteiger partial charge in [0.05, 0.1) is 32.0 Å². The van der Waals surface area contributed by atoms with Crippen molar-refractivity contribution >= 4 is 5.91 Å². The second kappa shape index (κ2) is 67.3. The lowest BCUT2D eigenvalue weighted by Gasteiger charge is -2.46. The van der Waals surface area contributed by atoms with Gasteiger partial charge in [-0.15, -0.1) is 0 Å². The van der Waals surface area contributed by atoms with Gasteiger partial charge in [-0.05, 0) is 103 Å². The van der Waals surface area contributed by atoms with E-state index in [1.165, 1.54) is 173 Å². The van der Waals surface area contributed by atoms with Crippen LogP contribution < -0.4 is 5.32 Å². The minimum absolute atomic E-state index is 0.255. The standard InChI is InChI=1S/C85H145NO13/c1-3-5-7-9-11-13-15-17-19-21-23-25-27-29-31-32-33-34-35-36-37-38-39-40-41-42-43-45-47-49-51-53-55-57-59-61-63-65-67-69-77(90)86-73(72-96-84-82(95)80(93)83(76(71-88)98-84)99-85-81(94)79(92)78(91)75(70-87)97-85)74(89)68-66-64-62-60-58-56-54-52-50-48-46-44-30-28-26-24-22-20-18-16-14-12-10-8-6-4-2/h5,7,11,13,17,19,23,25,29,31,33-34,36-37,39-40,42-43,58,60,66,68,73-76,78-85,87-89,91-95H,3-4,6,8-10,12,14-16,18,20-22,24,26-28,30,32,35,38,41,44-57,59,61-65,67,69-72H2,1-2H3,(H,86,90)/b7-5-,13-11-,19-17-,25-23-,31-29-,34-33-,37-36-,40-39-,43-42-,60-58+,68-66+. The topological polar surface area (TPSA) is 228 Å². The quantitative estimate of drug-likeness (QED) is 0.0204. The summed E-state index contributed by atoms with van der Waals surface area (Å²) in [6.45, 7) is 2.69. The average Bonchev–Trinajstić information content (AvgIpc) is 0.794. The molecule has 2 aliphatic rings. The van der Waals surface area contributed by atoms with Gasteiger partial charge in [0.25, 0.3) is 0 Å². The zero-order valence-corrected chi connectivity index (χ0v) is 62.2. The highest BCUT2D eigenvalue weighted by Crippen LogP contribution is 2.30. The Morgan fingerprint density at radius 1 is 0.374 bits per heavy atom. The molecule has 0 bridgehead atoms. The van der Waals surface area contributed by atoms with Crippen molar-refractivity contribution in [2.45, 2.75) is 376 Å². The fraction of sp³-hybridized carbons (Fsp3) is 0.729. The lowest BCUT2D eigenvalue weighted by molar-refractivity contribution is -0.359. The molecule has 0 aromatic rings. The van der Waals surface area contributed by atoms with Crippen LogP contribution >= 0.6 is 0 Å². The molecule has 2 saturated heterocycles. The first-order valence-electron chi connectivity index (χ1n) is 39.9. The summed E-state index contributed by atoms with van der Waals surface area (Å²) in [6, 6.07) is -0.944. The number of unbranched alkanes of at least 4 members (excludes halogenated alkanes) is 32. The van der Waals surface area contributed by atoms with Gasteiger partial charge in [0.15, 0.2) is 12.6 Å². The molecule has 14 heteroatoms. The maximum absolute atomic E-state index is 13.4. The minimum atomic E-state index is -1.80. The van der Waals surface area contributed by atoms with Crippen LogP contribution in [0, 0.1) is 0 Å². The van der Waals surface area contributed by atoms with Gasteiger partial charge in [0.1, 0.15) is 48.8 Å². The largest absolute Gasteiger partial charge is 0.394 e. The first kappa shape index (κ1) is 91.2. The highest BCUT2D eigenvalue weighted by molar-refractivity contribution is 5.76. The molecule has 2 heterocycles. The average molecular weight is 1390 g/mol. The van der Waals surface area contributed by atoms with E-state index >= 15 is 0 Å². The fourth-order valence-corrected chi connectivity index (χ4v) is 12.3. The molecular formula is C85H145NO13. The maximum Gasteiger partial charge on any atom is 0.220 e. The maximum atomic E-state index is 13.4. The van der Waals surface area contributed by atoms with Gasteiger partial charge in [-0.1, -0.05) is 327 Å². The molecule has 2 fully saturated rings. The van der Waals surface area contributed by atoms with Crippen LogP contribution in [0.3, 0.4) is 0 Å². The van der Waals surface area contributed by atoms with E-state index in [4.69, 9.17) is 18.9 Å². The summed E-state index contributed by atoms with van der Waals surface area (Å²) < 4.78 is 22.9. The van der Waals surface area contributed by atoms with Gasteiger partial charge in [-0.3, -0.25) is 4.79 Å². The summed E-state index contributed by atoms with van der Waals surface area (Å²) in [7, 11) is 0. The number of carbonyl (C=O) groups excluding carboxylic acids is 1. The van der Waals surface area contributed by atoms with Gasteiger partial charge in [-0.25, -0.2) is 0 Å². The van der Waals surface area contributed by atoms with Gasteiger partial charge >= 0.3 is 0 Å². The van der Waals surface area contributed by atoms with E-state index in [1.807, 2.05) is 6.08 Å². The second-order valence-corrected chi connectivity index (χ2v) is 27.4. The van der Waals surface area contributed by atoms with Crippen LogP contribution in [0.2, 0.25) is 0 Å². The molecule has 0 aliphatic carbocycles. The van der Waals surface area contributed by atoms with Gasteiger partial charge in [-0.2, -0.15) is 0 Å². The third-order valence-corrected chi connectivity index (χ3v) is 18.6. The molecule has 99 heavy (non-hydrogen) atoms. The Balaban J connectivity index is 1.64. The van der Waals surface area contributed by atoms with E-state index in [9.17, 15) is 45.6 Å². The molecule has 568 valence electrons. The molecule has 0 aromatic heterocycles.